The van der Waals surface area contributed by atoms with E-state index in [1.807, 2.05) is 37.6 Å². The monoisotopic (exact) mass is 328 g/mol. The lowest BCUT2D eigenvalue weighted by atomic mass is 10.1. The Balaban J connectivity index is 2.14. The van der Waals surface area contributed by atoms with Crippen molar-refractivity contribution < 1.29 is 4.79 Å². The van der Waals surface area contributed by atoms with Gasteiger partial charge in [0.25, 0.3) is 5.91 Å². The van der Waals surface area contributed by atoms with Gasteiger partial charge in [-0.05, 0) is 33.0 Å². The Bertz CT molecular complexity index is 833. The van der Waals surface area contributed by atoms with Crippen LogP contribution in [0.2, 0.25) is 0 Å². The Morgan fingerprint density at radius 1 is 1.17 bits per heavy atom. The lowest BCUT2D eigenvalue weighted by Gasteiger charge is -2.32. The maximum absolute atomic E-state index is 12.9. The molecule has 0 unspecified atom stereocenters. The highest BCUT2D eigenvalue weighted by Crippen LogP contribution is 2.22. The predicted molar refractivity (Wildman–Crippen MR) is 96.4 cm³/mol. The number of pyridine rings is 1. The van der Waals surface area contributed by atoms with E-state index in [9.17, 15) is 9.59 Å². The van der Waals surface area contributed by atoms with E-state index in [1.54, 1.807) is 17.2 Å². The topological polar surface area (TPSA) is 71.6 Å². The third-order valence-corrected chi connectivity index (χ3v) is 4.67. The number of carbonyl (C=O) groups is 1. The maximum atomic E-state index is 12.9. The normalized spacial score (nSPS) is 16.1. The Kier molecular flexibility index (Phi) is 4.32. The molecule has 6 nitrogen and oxygen atoms in total. The second kappa shape index (κ2) is 6.28. The third kappa shape index (κ3) is 2.78. The van der Waals surface area contributed by atoms with Gasteiger partial charge in [0.1, 0.15) is 5.56 Å². The first-order chi connectivity index (χ1) is 11.4. The van der Waals surface area contributed by atoms with Gasteiger partial charge in [0.05, 0.1) is 10.9 Å². The SMILES string of the molecule is CC(C)n1cc(C(=O)N2CCN(C)CC2)c(=O)c2c(N)cccc21. The minimum Gasteiger partial charge on any atom is -0.398 e. The zero-order valence-corrected chi connectivity index (χ0v) is 14.5. The predicted octanol–water partition coefficient (Wildman–Crippen LogP) is 1.55. The molecule has 2 heterocycles. The number of anilines is 1. The van der Waals surface area contributed by atoms with Crippen molar-refractivity contribution in [3.05, 3.63) is 40.2 Å². The van der Waals surface area contributed by atoms with Crippen LogP contribution in [0.1, 0.15) is 30.2 Å². The van der Waals surface area contributed by atoms with E-state index >= 15 is 0 Å². The number of carbonyl (C=O) groups excluding carboxylic acids is 1. The summed E-state index contributed by atoms with van der Waals surface area (Å²) in [4.78, 5) is 29.8. The van der Waals surface area contributed by atoms with Crippen LogP contribution in [0.4, 0.5) is 5.69 Å². The molecule has 1 aliphatic rings. The first-order valence-electron chi connectivity index (χ1n) is 8.31. The van der Waals surface area contributed by atoms with Crippen molar-refractivity contribution in [3.8, 4) is 0 Å². The second-order valence-corrected chi connectivity index (χ2v) is 6.71. The first kappa shape index (κ1) is 16.5. The summed E-state index contributed by atoms with van der Waals surface area (Å²) in [5, 5.41) is 0.436. The van der Waals surface area contributed by atoms with Gasteiger partial charge in [0, 0.05) is 44.1 Å². The molecule has 3 rings (SSSR count). The molecule has 0 atom stereocenters. The highest BCUT2D eigenvalue weighted by molar-refractivity contribution is 6.00. The molecule has 2 aromatic rings. The van der Waals surface area contributed by atoms with Crippen molar-refractivity contribution in [3.63, 3.8) is 0 Å². The number of benzene rings is 1. The van der Waals surface area contributed by atoms with Gasteiger partial charge < -0.3 is 20.1 Å². The number of fused-ring (bicyclic) bond motifs is 1. The number of nitrogen functional groups attached to an aromatic ring is 1. The highest BCUT2D eigenvalue weighted by Gasteiger charge is 2.24. The fourth-order valence-electron chi connectivity index (χ4n) is 3.18. The van der Waals surface area contributed by atoms with Crippen molar-refractivity contribution in [2.75, 3.05) is 39.0 Å². The van der Waals surface area contributed by atoms with Crippen LogP contribution in [-0.4, -0.2) is 53.5 Å². The number of rotatable bonds is 2. The Morgan fingerprint density at radius 3 is 2.46 bits per heavy atom. The third-order valence-electron chi connectivity index (χ3n) is 4.67. The smallest absolute Gasteiger partial charge is 0.259 e. The van der Waals surface area contributed by atoms with Gasteiger partial charge in [-0.1, -0.05) is 6.07 Å². The van der Waals surface area contributed by atoms with Gasteiger partial charge in [0.15, 0.2) is 0 Å². The van der Waals surface area contributed by atoms with E-state index in [1.165, 1.54) is 0 Å². The van der Waals surface area contributed by atoms with Crippen LogP contribution in [0.25, 0.3) is 10.9 Å². The molecule has 1 saturated heterocycles. The molecule has 1 fully saturated rings. The molecule has 0 bridgehead atoms. The Hall–Kier alpha value is -2.34. The number of hydrogen-bond acceptors (Lipinski definition) is 4. The largest absolute Gasteiger partial charge is 0.398 e. The molecule has 0 spiro atoms. The van der Waals surface area contributed by atoms with Crippen molar-refractivity contribution in [1.29, 1.82) is 0 Å². The van der Waals surface area contributed by atoms with Gasteiger partial charge in [-0.2, -0.15) is 0 Å². The summed E-state index contributed by atoms with van der Waals surface area (Å²) in [6.45, 7) is 6.96. The van der Waals surface area contributed by atoms with Crippen LogP contribution in [0.5, 0.6) is 0 Å². The van der Waals surface area contributed by atoms with Crippen LogP contribution < -0.4 is 11.2 Å². The molecular formula is C18H24N4O2. The number of nitrogens with two attached hydrogens (primary N) is 1. The molecule has 128 valence electrons. The average molecular weight is 328 g/mol. The number of hydrogen-bond donors (Lipinski definition) is 1. The minimum atomic E-state index is -0.274. The van der Waals surface area contributed by atoms with Crippen LogP contribution in [0, 0.1) is 0 Å². The summed E-state index contributed by atoms with van der Waals surface area (Å²) < 4.78 is 1.95. The summed E-state index contributed by atoms with van der Waals surface area (Å²) >= 11 is 0. The highest BCUT2D eigenvalue weighted by atomic mass is 16.2. The Labute approximate surface area is 141 Å². The molecule has 1 aromatic carbocycles. The van der Waals surface area contributed by atoms with Crippen LogP contribution in [-0.2, 0) is 0 Å². The fraction of sp³-hybridized carbons (Fsp3) is 0.444. The molecule has 1 aromatic heterocycles. The standard InChI is InChI=1S/C18H24N4O2/c1-12(2)22-11-13(18(24)21-9-7-20(3)8-10-21)17(23)16-14(19)5-4-6-15(16)22/h4-6,11-12H,7-10,19H2,1-3H3. The van der Waals surface area contributed by atoms with Gasteiger partial charge in [-0.15, -0.1) is 0 Å². The van der Waals surface area contributed by atoms with Crippen molar-refractivity contribution in [1.82, 2.24) is 14.4 Å². The zero-order chi connectivity index (χ0) is 17.4. The van der Waals surface area contributed by atoms with E-state index in [-0.39, 0.29) is 22.9 Å². The summed E-state index contributed by atoms with van der Waals surface area (Å²) in [5.74, 6) is -0.201. The maximum Gasteiger partial charge on any atom is 0.259 e. The minimum absolute atomic E-state index is 0.119. The average Bonchev–Trinajstić information content (AvgIpc) is 2.55. The van der Waals surface area contributed by atoms with Crippen LogP contribution in [0.15, 0.2) is 29.2 Å². The number of likely N-dealkylation sites (N-methyl/N-ethyl adjacent to an activating group) is 1. The quantitative estimate of drug-likeness (QED) is 0.849. The van der Waals surface area contributed by atoms with Crippen LogP contribution in [0.3, 0.4) is 0 Å². The van der Waals surface area contributed by atoms with Crippen molar-refractivity contribution >= 4 is 22.5 Å². The van der Waals surface area contributed by atoms with E-state index in [0.29, 0.717) is 24.2 Å². The summed E-state index contributed by atoms with van der Waals surface area (Å²) in [6.07, 6.45) is 1.69. The number of piperazine rings is 1. The summed E-state index contributed by atoms with van der Waals surface area (Å²) in [5.41, 5.74) is 7.16. The summed E-state index contributed by atoms with van der Waals surface area (Å²) in [7, 11) is 2.03. The van der Waals surface area contributed by atoms with Gasteiger partial charge in [-0.25, -0.2) is 0 Å². The lowest BCUT2D eigenvalue weighted by Crippen LogP contribution is -2.48. The number of nitrogens with zero attached hydrogens (tertiary/aromatic N) is 3. The lowest BCUT2D eigenvalue weighted by molar-refractivity contribution is 0.0662. The molecular weight excluding hydrogens is 304 g/mol. The van der Waals surface area contributed by atoms with Crippen LogP contribution >= 0.6 is 0 Å². The number of aromatic nitrogens is 1. The van der Waals surface area contributed by atoms with Gasteiger partial charge in [0.2, 0.25) is 5.43 Å². The molecule has 2 N–H and O–H groups in total. The first-order valence-corrected chi connectivity index (χ1v) is 8.31. The van der Waals surface area contributed by atoms with Crippen molar-refractivity contribution in [2.24, 2.45) is 0 Å². The molecule has 1 amide bonds. The van der Waals surface area contributed by atoms with E-state index < -0.39 is 0 Å². The Morgan fingerprint density at radius 2 is 1.83 bits per heavy atom. The second-order valence-electron chi connectivity index (χ2n) is 6.71. The molecule has 0 radical (unpaired) electrons. The number of amides is 1. The zero-order valence-electron chi connectivity index (χ0n) is 14.5. The molecule has 24 heavy (non-hydrogen) atoms. The molecule has 0 aliphatic carbocycles. The molecule has 1 aliphatic heterocycles. The van der Waals surface area contributed by atoms with E-state index in [2.05, 4.69) is 4.90 Å². The van der Waals surface area contributed by atoms with Gasteiger partial charge in [-0.3, -0.25) is 9.59 Å². The fourth-order valence-corrected chi connectivity index (χ4v) is 3.18. The molecule has 0 saturated carbocycles. The van der Waals surface area contributed by atoms with Crippen molar-refractivity contribution in [2.45, 2.75) is 19.9 Å². The van der Waals surface area contributed by atoms with E-state index in [4.69, 9.17) is 5.73 Å². The summed E-state index contributed by atoms with van der Waals surface area (Å²) in [6, 6.07) is 5.53. The van der Waals surface area contributed by atoms with E-state index in [0.717, 1.165) is 18.6 Å². The molecule has 6 heteroatoms. The van der Waals surface area contributed by atoms with Gasteiger partial charge >= 0.3 is 0 Å².